The van der Waals surface area contributed by atoms with Crippen molar-refractivity contribution in [2.45, 2.75) is 12.3 Å². The van der Waals surface area contributed by atoms with Crippen molar-refractivity contribution in [3.05, 3.63) is 59.2 Å². The first kappa shape index (κ1) is 14.9. The van der Waals surface area contributed by atoms with E-state index >= 15 is 0 Å². The molecule has 2 aliphatic rings. The second kappa shape index (κ2) is 5.78. The number of hydrogen-bond acceptors (Lipinski definition) is 3. The molecule has 2 aromatic carbocycles. The summed E-state index contributed by atoms with van der Waals surface area (Å²) in [6.07, 6.45) is 0.786. The third kappa shape index (κ3) is 2.58. The molecular formula is C18H15F2NO3. The average Bonchev–Trinajstić information content (AvgIpc) is 3.23. The van der Waals surface area contributed by atoms with Crippen molar-refractivity contribution in [3.63, 3.8) is 0 Å². The SMILES string of the molecule is O=C(c1ccc(F)cc1F)N1CC[C@H](c2ccc3c(c2)OCO3)C1. The van der Waals surface area contributed by atoms with Gasteiger partial charge < -0.3 is 14.4 Å². The number of likely N-dealkylation sites (tertiary alicyclic amines) is 1. The number of carbonyl (C=O) groups is 1. The number of hydrogen-bond donors (Lipinski definition) is 0. The Kier molecular flexibility index (Phi) is 3.59. The van der Waals surface area contributed by atoms with E-state index in [2.05, 4.69) is 0 Å². The molecule has 0 aromatic heterocycles. The smallest absolute Gasteiger partial charge is 0.256 e. The van der Waals surface area contributed by atoms with Crippen LogP contribution in [0, 0.1) is 11.6 Å². The number of rotatable bonds is 2. The molecule has 0 N–H and O–H groups in total. The van der Waals surface area contributed by atoms with Crippen LogP contribution in [0.3, 0.4) is 0 Å². The minimum atomic E-state index is -0.827. The lowest BCUT2D eigenvalue weighted by Crippen LogP contribution is -2.29. The number of halogens is 2. The van der Waals surface area contributed by atoms with E-state index in [4.69, 9.17) is 9.47 Å². The average molecular weight is 331 g/mol. The molecule has 1 amide bonds. The molecule has 1 saturated heterocycles. The summed E-state index contributed by atoms with van der Waals surface area (Å²) in [6, 6.07) is 8.78. The maximum absolute atomic E-state index is 13.8. The molecule has 0 unspecified atom stereocenters. The molecule has 0 aliphatic carbocycles. The molecule has 1 fully saturated rings. The van der Waals surface area contributed by atoms with Crippen molar-refractivity contribution < 1.29 is 23.0 Å². The zero-order valence-electron chi connectivity index (χ0n) is 12.8. The van der Waals surface area contributed by atoms with Gasteiger partial charge in [-0.05, 0) is 36.2 Å². The van der Waals surface area contributed by atoms with Crippen LogP contribution in [0.5, 0.6) is 11.5 Å². The summed E-state index contributed by atoms with van der Waals surface area (Å²) in [5, 5.41) is 0. The summed E-state index contributed by atoms with van der Waals surface area (Å²) in [5.74, 6) is -0.335. The Morgan fingerprint density at radius 2 is 1.92 bits per heavy atom. The topological polar surface area (TPSA) is 38.8 Å². The van der Waals surface area contributed by atoms with Gasteiger partial charge in [-0.1, -0.05) is 6.07 Å². The highest BCUT2D eigenvalue weighted by Gasteiger charge is 2.30. The van der Waals surface area contributed by atoms with Crippen LogP contribution in [-0.4, -0.2) is 30.7 Å². The number of benzene rings is 2. The van der Waals surface area contributed by atoms with Crippen LogP contribution in [-0.2, 0) is 0 Å². The lowest BCUT2D eigenvalue weighted by atomic mass is 9.98. The Morgan fingerprint density at radius 1 is 1.08 bits per heavy atom. The molecular weight excluding hydrogens is 316 g/mol. The first-order valence-corrected chi connectivity index (χ1v) is 7.75. The van der Waals surface area contributed by atoms with E-state index in [0.717, 1.165) is 29.9 Å². The first-order valence-electron chi connectivity index (χ1n) is 7.75. The highest BCUT2D eigenvalue weighted by molar-refractivity contribution is 5.94. The highest BCUT2D eigenvalue weighted by atomic mass is 19.1. The van der Waals surface area contributed by atoms with E-state index in [1.54, 1.807) is 4.90 Å². The van der Waals surface area contributed by atoms with Crippen LogP contribution in [0.2, 0.25) is 0 Å². The van der Waals surface area contributed by atoms with Gasteiger partial charge in [0, 0.05) is 25.1 Å². The fourth-order valence-corrected chi connectivity index (χ4v) is 3.22. The zero-order chi connectivity index (χ0) is 16.7. The summed E-state index contributed by atoms with van der Waals surface area (Å²) in [4.78, 5) is 14.1. The molecule has 0 saturated carbocycles. The van der Waals surface area contributed by atoms with Crippen molar-refractivity contribution in [3.8, 4) is 11.5 Å². The van der Waals surface area contributed by atoms with Gasteiger partial charge in [0.25, 0.3) is 5.91 Å². The quantitative estimate of drug-likeness (QED) is 0.847. The molecule has 2 aliphatic heterocycles. The molecule has 124 valence electrons. The van der Waals surface area contributed by atoms with Gasteiger partial charge in [-0.25, -0.2) is 8.78 Å². The maximum Gasteiger partial charge on any atom is 0.256 e. The van der Waals surface area contributed by atoms with E-state index < -0.39 is 17.5 Å². The van der Waals surface area contributed by atoms with Crippen LogP contribution in [0.1, 0.15) is 28.3 Å². The summed E-state index contributed by atoms with van der Waals surface area (Å²) >= 11 is 0. The molecule has 6 heteroatoms. The second-order valence-corrected chi connectivity index (χ2v) is 5.97. The predicted octanol–water partition coefficient (Wildman–Crippen LogP) is 3.32. The highest BCUT2D eigenvalue weighted by Crippen LogP contribution is 2.37. The lowest BCUT2D eigenvalue weighted by molar-refractivity contribution is 0.0786. The van der Waals surface area contributed by atoms with Crippen LogP contribution in [0.15, 0.2) is 36.4 Å². The number of nitrogens with zero attached hydrogens (tertiary/aromatic N) is 1. The second-order valence-electron chi connectivity index (χ2n) is 5.97. The molecule has 2 aromatic rings. The number of carbonyl (C=O) groups excluding carboxylic acids is 1. The zero-order valence-corrected chi connectivity index (χ0v) is 12.8. The molecule has 1 atom stereocenters. The fourth-order valence-electron chi connectivity index (χ4n) is 3.22. The normalized spacial score (nSPS) is 18.9. The van der Waals surface area contributed by atoms with E-state index in [9.17, 15) is 13.6 Å². The van der Waals surface area contributed by atoms with Crippen LogP contribution in [0.4, 0.5) is 8.78 Å². The van der Waals surface area contributed by atoms with Gasteiger partial charge in [-0.2, -0.15) is 0 Å². The number of ether oxygens (including phenoxy) is 2. The summed E-state index contributed by atoms with van der Waals surface area (Å²) in [6.45, 7) is 1.25. The van der Waals surface area contributed by atoms with Crippen molar-refractivity contribution in [1.82, 2.24) is 4.90 Å². The van der Waals surface area contributed by atoms with E-state index in [-0.39, 0.29) is 18.3 Å². The Labute approximate surface area is 137 Å². The monoisotopic (exact) mass is 331 g/mol. The maximum atomic E-state index is 13.8. The third-order valence-corrected chi connectivity index (χ3v) is 4.51. The van der Waals surface area contributed by atoms with Crippen molar-refractivity contribution in [1.29, 1.82) is 0 Å². The minimum absolute atomic E-state index is 0.0947. The van der Waals surface area contributed by atoms with Gasteiger partial charge in [0.05, 0.1) is 5.56 Å². The molecule has 4 rings (SSSR count). The standard InChI is InChI=1S/C18H15F2NO3/c19-13-2-3-14(15(20)8-13)18(22)21-6-5-12(9-21)11-1-4-16-17(7-11)24-10-23-16/h1-4,7-8,12H,5-6,9-10H2/t12-/m0/s1. The van der Waals surface area contributed by atoms with Gasteiger partial charge in [0.2, 0.25) is 6.79 Å². The molecule has 4 nitrogen and oxygen atoms in total. The third-order valence-electron chi connectivity index (χ3n) is 4.51. The van der Waals surface area contributed by atoms with Gasteiger partial charge in [0.1, 0.15) is 11.6 Å². The van der Waals surface area contributed by atoms with Crippen LogP contribution < -0.4 is 9.47 Å². The molecule has 0 bridgehead atoms. The minimum Gasteiger partial charge on any atom is -0.454 e. The molecule has 24 heavy (non-hydrogen) atoms. The number of fused-ring (bicyclic) bond motifs is 1. The number of amides is 1. The first-order chi connectivity index (χ1) is 11.6. The Balaban J connectivity index is 1.51. The van der Waals surface area contributed by atoms with Crippen molar-refractivity contribution >= 4 is 5.91 Å². The van der Waals surface area contributed by atoms with Crippen LogP contribution in [0.25, 0.3) is 0 Å². The molecule has 0 spiro atoms. The molecule has 0 radical (unpaired) electrons. The van der Waals surface area contributed by atoms with Gasteiger partial charge >= 0.3 is 0 Å². The van der Waals surface area contributed by atoms with Gasteiger partial charge in [-0.15, -0.1) is 0 Å². The predicted molar refractivity (Wildman–Crippen MR) is 82.2 cm³/mol. The van der Waals surface area contributed by atoms with Gasteiger partial charge in [0.15, 0.2) is 11.5 Å². The van der Waals surface area contributed by atoms with Crippen molar-refractivity contribution in [2.24, 2.45) is 0 Å². The van der Waals surface area contributed by atoms with E-state index in [0.29, 0.717) is 18.8 Å². The summed E-state index contributed by atoms with van der Waals surface area (Å²) in [7, 11) is 0. The summed E-state index contributed by atoms with van der Waals surface area (Å²) in [5.41, 5.74) is 0.969. The Morgan fingerprint density at radius 3 is 2.75 bits per heavy atom. The fraction of sp³-hybridized carbons (Fsp3) is 0.278. The lowest BCUT2D eigenvalue weighted by Gasteiger charge is -2.17. The van der Waals surface area contributed by atoms with Crippen molar-refractivity contribution in [2.75, 3.05) is 19.9 Å². The summed E-state index contributed by atoms with van der Waals surface area (Å²) < 4.78 is 37.5. The largest absolute Gasteiger partial charge is 0.454 e. The van der Waals surface area contributed by atoms with E-state index in [1.165, 1.54) is 6.07 Å². The Bertz CT molecular complexity index is 809. The Hall–Kier alpha value is -2.63. The van der Waals surface area contributed by atoms with Gasteiger partial charge in [-0.3, -0.25) is 4.79 Å². The molecule has 2 heterocycles. The van der Waals surface area contributed by atoms with E-state index in [1.807, 2.05) is 18.2 Å². The van der Waals surface area contributed by atoms with Crippen LogP contribution >= 0.6 is 0 Å².